The van der Waals surface area contributed by atoms with Crippen molar-refractivity contribution in [1.82, 2.24) is 4.90 Å². The van der Waals surface area contributed by atoms with Gasteiger partial charge in [-0.2, -0.15) is 0 Å². The number of fused-ring (bicyclic) bond motifs is 1. The third kappa shape index (κ3) is 3.69. The molecule has 1 aliphatic heterocycles. The molecule has 0 unspecified atom stereocenters. The quantitative estimate of drug-likeness (QED) is 0.564. The van der Waals surface area contributed by atoms with Crippen molar-refractivity contribution in [2.24, 2.45) is 0 Å². The Kier molecular flexibility index (Phi) is 5.63. The van der Waals surface area contributed by atoms with Crippen LogP contribution in [0.1, 0.15) is 34.6 Å². The Balaban J connectivity index is 1.93. The summed E-state index contributed by atoms with van der Waals surface area (Å²) in [7, 11) is 1.51. The number of methoxy groups -OCH3 is 1. The molecule has 2 aromatic rings. The molecule has 0 saturated heterocycles. The smallest absolute Gasteiger partial charge is 0.270 e. The van der Waals surface area contributed by atoms with Gasteiger partial charge in [0, 0.05) is 6.07 Å². The van der Waals surface area contributed by atoms with Crippen LogP contribution in [0, 0.1) is 0 Å². The predicted molar refractivity (Wildman–Crippen MR) is 101 cm³/mol. The third-order valence-electron chi connectivity index (χ3n) is 4.37. The number of hydrogen-bond donors (Lipinski definition) is 0. The highest BCUT2D eigenvalue weighted by Gasteiger charge is 2.35. The minimum absolute atomic E-state index is 0.243. The Morgan fingerprint density at radius 2 is 1.93 bits per heavy atom. The first kappa shape index (κ1) is 19.4. The van der Waals surface area contributed by atoms with Crippen molar-refractivity contribution in [3.63, 3.8) is 0 Å². The molecule has 0 fully saturated rings. The van der Waals surface area contributed by atoms with Crippen molar-refractivity contribution in [3.05, 3.63) is 53.6 Å². The summed E-state index contributed by atoms with van der Waals surface area (Å²) in [6.07, 6.45) is -0.886. The molecule has 0 aromatic heterocycles. The number of carbonyl (C=O) groups excluding carboxylic acids is 3. The van der Waals surface area contributed by atoms with Crippen LogP contribution in [0.5, 0.6) is 17.2 Å². The van der Waals surface area contributed by atoms with E-state index < -0.39 is 30.2 Å². The standard InChI is InChI=1S/C21H21NO6/c1-4-27-19-11-14(26-3)9-10-15(19)17(23)12-22-20(24)13(2)28-18-8-6-5-7-16(18)21(22)25/h5-11,13H,4,12H2,1-3H3/t13-/m1/s1. The summed E-state index contributed by atoms with van der Waals surface area (Å²) in [5.74, 6) is -0.350. The van der Waals surface area contributed by atoms with Gasteiger partial charge < -0.3 is 14.2 Å². The molecule has 7 heteroatoms. The van der Waals surface area contributed by atoms with Gasteiger partial charge in [-0.3, -0.25) is 19.3 Å². The zero-order valence-corrected chi connectivity index (χ0v) is 15.9. The average Bonchev–Trinajstić information content (AvgIpc) is 2.79. The first-order valence-corrected chi connectivity index (χ1v) is 8.91. The molecule has 1 aliphatic rings. The number of rotatable bonds is 6. The molecule has 0 saturated carbocycles. The number of nitrogens with zero attached hydrogens (tertiary/aromatic N) is 1. The lowest BCUT2D eigenvalue weighted by Gasteiger charge is -2.20. The van der Waals surface area contributed by atoms with Crippen molar-refractivity contribution in [2.45, 2.75) is 20.0 Å². The SMILES string of the molecule is CCOc1cc(OC)ccc1C(=O)CN1C(=O)c2ccccc2O[C@H](C)C1=O. The molecule has 2 amide bonds. The van der Waals surface area contributed by atoms with Gasteiger partial charge in [0.1, 0.15) is 17.2 Å². The van der Waals surface area contributed by atoms with E-state index in [1.165, 1.54) is 7.11 Å². The number of carbonyl (C=O) groups is 3. The number of imide groups is 1. The zero-order chi connectivity index (χ0) is 20.3. The number of amides is 2. The van der Waals surface area contributed by atoms with Gasteiger partial charge in [0.05, 0.1) is 31.4 Å². The fourth-order valence-electron chi connectivity index (χ4n) is 2.97. The van der Waals surface area contributed by atoms with Gasteiger partial charge in [-0.25, -0.2) is 0 Å². The van der Waals surface area contributed by atoms with E-state index in [9.17, 15) is 14.4 Å². The molecule has 0 bridgehead atoms. The molecule has 0 N–H and O–H groups in total. The number of hydrogen-bond acceptors (Lipinski definition) is 6. The van der Waals surface area contributed by atoms with E-state index in [-0.39, 0.29) is 11.1 Å². The Bertz CT molecular complexity index is 923. The molecule has 0 spiro atoms. The molecule has 146 valence electrons. The van der Waals surface area contributed by atoms with Gasteiger partial charge in [-0.1, -0.05) is 12.1 Å². The van der Waals surface area contributed by atoms with Gasteiger partial charge in [-0.15, -0.1) is 0 Å². The molecule has 2 aromatic carbocycles. The van der Waals surface area contributed by atoms with E-state index in [1.54, 1.807) is 56.3 Å². The second-order valence-corrected chi connectivity index (χ2v) is 6.20. The Hall–Kier alpha value is -3.35. The van der Waals surface area contributed by atoms with Crippen LogP contribution < -0.4 is 14.2 Å². The van der Waals surface area contributed by atoms with Crippen molar-refractivity contribution >= 4 is 17.6 Å². The summed E-state index contributed by atoms with van der Waals surface area (Å²) in [5, 5.41) is 0. The van der Waals surface area contributed by atoms with E-state index in [0.717, 1.165) is 4.90 Å². The fourth-order valence-corrected chi connectivity index (χ4v) is 2.97. The van der Waals surface area contributed by atoms with Gasteiger partial charge in [0.15, 0.2) is 11.9 Å². The van der Waals surface area contributed by atoms with Crippen molar-refractivity contribution in [3.8, 4) is 17.2 Å². The number of Topliss-reactive ketones (excluding diaryl/α,β-unsaturated/α-hetero) is 1. The number of ketones is 1. The van der Waals surface area contributed by atoms with Gasteiger partial charge in [0.25, 0.3) is 11.8 Å². The van der Waals surface area contributed by atoms with Crippen LogP contribution >= 0.6 is 0 Å². The van der Waals surface area contributed by atoms with Gasteiger partial charge >= 0.3 is 0 Å². The molecule has 7 nitrogen and oxygen atoms in total. The summed E-state index contributed by atoms with van der Waals surface area (Å²) in [6, 6.07) is 11.4. The lowest BCUT2D eigenvalue weighted by atomic mass is 10.1. The van der Waals surface area contributed by atoms with Crippen LogP contribution in [0.3, 0.4) is 0 Å². The van der Waals surface area contributed by atoms with Crippen LogP contribution in [-0.2, 0) is 4.79 Å². The van der Waals surface area contributed by atoms with Crippen molar-refractivity contribution in [1.29, 1.82) is 0 Å². The molecule has 1 heterocycles. The minimum Gasteiger partial charge on any atom is -0.497 e. The monoisotopic (exact) mass is 383 g/mol. The fraction of sp³-hybridized carbons (Fsp3) is 0.286. The minimum atomic E-state index is -0.886. The summed E-state index contributed by atoms with van der Waals surface area (Å²) in [5.41, 5.74) is 0.516. The van der Waals surface area contributed by atoms with E-state index in [4.69, 9.17) is 14.2 Å². The van der Waals surface area contributed by atoms with Gasteiger partial charge in [0.2, 0.25) is 0 Å². The van der Waals surface area contributed by atoms with Crippen LogP contribution in [0.15, 0.2) is 42.5 Å². The summed E-state index contributed by atoms with van der Waals surface area (Å²) >= 11 is 0. The molecule has 0 radical (unpaired) electrons. The highest BCUT2D eigenvalue weighted by atomic mass is 16.5. The van der Waals surface area contributed by atoms with Gasteiger partial charge in [-0.05, 0) is 38.1 Å². The first-order valence-electron chi connectivity index (χ1n) is 8.91. The lowest BCUT2D eigenvalue weighted by Crippen LogP contribution is -2.44. The molecular formula is C21H21NO6. The van der Waals surface area contributed by atoms with E-state index in [0.29, 0.717) is 23.9 Å². The summed E-state index contributed by atoms with van der Waals surface area (Å²) in [4.78, 5) is 39.4. The third-order valence-corrected chi connectivity index (χ3v) is 4.37. The summed E-state index contributed by atoms with van der Waals surface area (Å²) < 4.78 is 16.3. The van der Waals surface area contributed by atoms with Crippen molar-refractivity contribution in [2.75, 3.05) is 20.3 Å². The predicted octanol–water partition coefficient (Wildman–Crippen LogP) is 2.73. The molecule has 28 heavy (non-hydrogen) atoms. The maximum atomic E-state index is 12.9. The number of para-hydroxylation sites is 1. The molecule has 1 atom stereocenters. The number of benzene rings is 2. The van der Waals surface area contributed by atoms with Crippen LogP contribution in [-0.4, -0.2) is 48.9 Å². The molecule has 3 rings (SSSR count). The maximum absolute atomic E-state index is 12.9. The largest absolute Gasteiger partial charge is 0.497 e. The first-order chi connectivity index (χ1) is 13.5. The average molecular weight is 383 g/mol. The molecular weight excluding hydrogens is 362 g/mol. The highest BCUT2D eigenvalue weighted by molar-refractivity contribution is 6.12. The van der Waals surface area contributed by atoms with Crippen LogP contribution in [0.25, 0.3) is 0 Å². The summed E-state index contributed by atoms with van der Waals surface area (Å²) in [6.45, 7) is 3.29. The maximum Gasteiger partial charge on any atom is 0.270 e. The second-order valence-electron chi connectivity index (χ2n) is 6.20. The Labute approximate surface area is 162 Å². The zero-order valence-electron chi connectivity index (χ0n) is 15.9. The van der Waals surface area contributed by atoms with Crippen LogP contribution in [0.2, 0.25) is 0 Å². The Morgan fingerprint density at radius 3 is 2.64 bits per heavy atom. The van der Waals surface area contributed by atoms with Crippen molar-refractivity contribution < 1.29 is 28.6 Å². The highest BCUT2D eigenvalue weighted by Crippen LogP contribution is 2.28. The van der Waals surface area contributed by atoms with E-state index >= 15 is 0 Å². The second kappa shape index (κ2) is 8.12. The van der Waals surface area contributed by atoms with Crippen LogP contribution in [0.4, 0.5) is 0 Å². The lowest BCUT2D eigenvalue weighted by molar-refractivity contribution is -0.134. The van der Waals surface area contributed by atoms with E-state index in [1.807, 2.05) is 0 Å². The Morgan fingerprint density at radius 1 is 1.18 bits per heavy atom. The van der Waals surface area contributed by atoms with E-state index in [2.05, 4.69) is 0 Å². The molecule has 0 aliphatic carbocycles. The normalized spacial score (nSPS) is 16.1. The topological polar surface area (TPSA) is 82.1 Å². The number of ether oxygens (including phenoxy) is 3.